The van der Waals surface area contributed by atoms with Crippen LogP contribution in [0.15, 0.2) is 54.6 Å². The van der Waals surface area contributed by atoms with E-state index >= 15 is 0 Å². The predicted octanol–water partition coefficient (Wildman–Crippen LogP) is 3.80. The number of hydrogen-bond acceptors (Lipinski definition) is 4. The molecule has 2 aromatic carbocycles. The van der Waals surface area contributed by atoms with Gasteiger partial charge in [-0.05, 0) is 48.3 Å². The maximum absolute atomic E-state index is 12.8. The summed E-state index contributed by atoms with van der Waals surface area (Å²) < 4.78 is 5.38. The SMILES string of the molecule is CCC(OC(N)=O)C1(C)/C(=C/C(=O)c2cccc(O)c2)c2cccc1c2. The summed E-state index contributed by atoms with van der Waals surface area (Å²) in [7, 11) is 0. The first-order chi connectivity index (χ1) is 12.4. The molecule has 0 saturated carbocycles. The number of hydrogen-bond donors (Lipinski definition) is 2. The van der Waals surface area contributed by atoms with E-state index in [4.69, 9.17) is 10.5 Å². The fourth-order valence-corrected chi connectivity index (χ4v) is 3.68. The quantitative estimate of drug-likeness (QED) is 0.633. The van der Waals surface area contributed by atoms with E-state index in [1.54, 1.807) is 18.2 Å². The van der Waals surface area contributed by atoms with Gasteiger partial charge >= 0.3 is 6.09 Å². The van der Waals surface area contributed by atoms with Crippen molar-refractivity contribution in [3.63, 3.8) is 0 Å². The van der Waals surface area contributed by atoms with Gasteiger partial charge in [-0.3, -0.25) is 4.79 Å². The Hall–Kier alpha value is -3.08. The first kappa shape index (κ1) is 17.7. The largest absolute Gasteiger partial charge is 0.508 e. The lowest BCUT2D eigenvalue weighted by molar-refractivity contribution is 0.0736. The van der Waals surface area contributed by atoms with E-state index in [1.165, 1.54) is 12.1 Å². The third kappa shape index (κ3) is 2.96. The topological polar surface area (TPSA) is 89.6 Å². The Morgan fingerprint density at radius 2 is 1.96 bits per heavy atom. The summed E-state index contributed by atoms with van der Waals surface area (Å²) in [4.78, 5) is 24.2. The molecule has 1 amide bonds. The number of ether oxygens (including phenoxy) is 1. The normalized spacial score (nSPS) is 20.8. The smallest absolute Gasteiger partial charge is 0.404 e. The molecule has 2 atom stereocenters. The van der Waals surface area contributed by atoms with Crippen molar-refractivity contribution in [2.24, 2.45) is 5.73 Å². The Kier molecular flexibility index (Phi) is 4.55. The zero-order valence-corrected chi connectivity index (χ0v) is 14.7. The van der Waals surface area contributed by atoms with Crippen LogP contribution in [-0.2, 0) is 10.2 Å². The van der Waals surface area contributed by atoms with Gasteiger partial charge in [0, 0.05) is 5.56 Å². The van der Waals surface area contributed by atoms with Crippen LogP contribution in [0, 0.1) is 0 Å². The number of rotatable bonds is 5. The molecule has 5 nitrogen and oxygen atoms in total. The van der Waals surface area contributed by atoms with Crippen LogP contribution < -0.4 is 5.73 Å². The third-order valence-corrected chi connectivity index (χ3v) is 5.01. The number of carbonyl (C=O) groups is 2. The number of ketones is 1. The summed E-state index contributed by atoms with van der Waals surface area (Å²) >= 11 is 0. The molecule has 1 aliphatic rings. The second-order valence-corrected chi connectivity index (χ2v) is 6.59. The van der Waals surface area contributed by atoms with Crippen LogP contribution in [0.1, 0.15) is 41.8 Å². The summed E-state index contributed by atoms with van der Waals surface area (Å²) in [5.74, 6) is -0.189. The number of primary amides is 1. The number of allylic oxidation sites excluding steroid dienone is 1. The fraction of sp³-hybridized carbons (Fsp3) is 0.238. The fourth-order valence-electron chi connectivity index (χ4n) is 3.68. The first-order valence-electron chi connectivity index (χ1n) is 8.48. The molecule has 26 heavy (non-hydrogen) atoms. The Balaban J connectivity index is 2.08. The molecule has 2 aromatic rings. The standard InChI is InChI=1S/C21H21NO4/c1-3-19(26-20(22)25)21(2)15-8-4-6-13(10-15)17(21)12-18(24)14-7-5-9-16(23)11-14/h4-12,19,23H,3H2,1-2H3,(H2,22,25)/b17-12+. The summed E-state index contributed by atoms with van der Waals surface area (Å²) in [5.41, 5.74) is 7.64. The van der Waals surface area contributed by atoms with Crippen LogP contribution in [0.25, 0.3) is 5.57 Å². The summed E-state index contributed by atoms with van der Waals surface area (Å²) in [6, 6.07) is 14.0. The van der Waals surface area contributed by atoms with E-state index in [-0.39, 0.29) is 11.5 Å². The molecular formula is C21H21NO4. The van der Waals surface area contributed by atoms with Crippen molar-refractivity contribution in [3.05, 3.63) is 71.3 Å². The third-order valence-electron chi connectivity index (χ3n) is 5.01. The van der Waals surface area contributed by atoms with Gasteiger partial charge in [0.1, 0.15) is 11.9 Å². The molecule has 3 rings (SSSR count). The number of carbonyl (C=O) groups excluding carboxylic acids is 2. The van der Waals surface area contributed by atoms with E-state index in [2.05, 4.69) is 0 Å². The molecule has 0 radical (unpaired) electrons. The second-order valence-electron chi connectivity index (χ2n) is 6.59. The maximum Gasteiger partial charge on any atom is 0.404 e. The highest BCUT2D eigenvalue weighted by atomic mass is 16.6. The average molecular weight is 351 g/mol. The van der Waals surface area contributed by atoms with Crippen LogP contribution in [-0.4, -0.2) is 23.1 Å². The molecule has 134 valence electrons. The Labute approximate surface area is 152 Å². The molecule has 1 aliphatic carbocycles. The van der Waals surface area contributed by atoms with Crippen molar-refractivity contribution in [1.82, 2.24) is 0 Å². The van der Waals surface area contributed by atoms with Crippen LogP contribution in [0.2, 0.25) is 0 Å². The molecular weight excluding hydrogens is 330 g/mol. The Bertz CT molecular complexity index is 902. The average Bonchev–Trinajstić information content (AvgIpc) is 2.80. The lowest BCUT2D eigenvalue weighted by Crippen LogP contribution is -2.40. The molecule has 2 bridgehead atoms. The molecule has 0 spiro atoms. The van der Waals surface area contributed by atoms with Crippen molar-refractivity contribution in [2.75, 3.05) is 0 Å². The lowest BCUT2D eigenvalue weighted by Gasteiger charge is -2.35. The van der Waals surface area contributed by atoms with Crippen molar-refractivity contribution >= 4 is 17.4 Å². The van der Waals surface area contributed by atoms with E-state index in [0.717, 1.165) is 16.7 Å². The van der Waals surface area contributed by atoms with Crippen molar-refractivity contribution < 1.29 is 19.4 Å². The monoisotopic (exact) mass is 351 g/mol. The van der Waals surface area contributed by atoms with Gasteiger partial charge in [0.05, 0.1) is 5.41 Å². The summed E-state index contributed by atoms with van der Waals surface area (Å²) in [6.45, 7) is 3.86. The summed E-state index contributed by atoms with van der Waals surface area (Å²) in [6.07, 6.45) is 0.777. The van der Waals surface area contributed by atoms with Crippen molar-refractivity contribution in [2.45, 2.75) is 31.8 Å². The minimum absolute atomic E-state index is 0.0347. The zero-order chi connectivity index (χ0) is 18.9. The van der Waals surface area contributed by atoms with Crippen LogP contribution >= 0.6 is 0 Å². The second kappa shape index (κ2) is 6.67. The molecule has 0 aromatic heterocycles. The number of aromatic hydroxyl groups is 1. The van der Waals surface area contributed by atoms with Gasteiger partial charge < -0.3 is 15.6 Å². The first-order valence-corrected chi connectivity index (χ1v) is 8.48. The molecule has 0 heterocycles. The van der Waals surface area contributed by atoms with Gasteiger partial charge in [-0.15, -0.1) is 0 Å². The van der Waals surface area contributed by atoms with Gasteiger partial charge in [0.25, 0.3) is 0 Å². The van der Waals surface area contributed by atoms with E-state index in [0.29, 0.717) is 12.0 Å². The Morgan fingerprint density at radius 1 is 1.23 bits per heavy atom. The van der Waals surface area contributed by atoms with Crippen LogP contribution in [0.5, 0.6) is 5.75 Å². The highest BCUT2D eigenvalue weighted by Crippen LogP contribution is 2.49. The molecule has 2 unspecified atom stereocenters. The number of benzene rings is 2. The predicted molar refractivity (Wildman–Crippen MR) is 99.0 cm³/mol. The van der Waals surface area contributed by atoms with Crippen LogP contribution in [0.3, 0.4) is 0 Å². The van der Waals surface area contributed by atoms with E-state index in [9.17, 15) is 14.7 Å². The van der Waals surface area contributed by atoms with E-state index in [1.807, 2.05) is 38.1 Å². The van der Waals surface area contributed by atoms with E-state index < -0.39 is 17.6 Å². The number of phenols is 1. The van der Waals surface area contributed by atoms with Crippen molar-refractivity contribution in [3.8, 4) is 5.75 Å². The van der Waals surface area contributed by atoms with Gasteiger partial charge in [0.15, 0.2) is 5.78 Å². The molecule has 0 aliphatic heterocycles. The van der Waals surface area contributed by atoms with Gasteiger partial charge in [-0.25, -0.2) is 4.79 Å². The Morgan fingerprint density at radius 3 is 2.62 bits per heavy atom. The van der Waals surface area contributed by atoms with Crippen LogP contribution in [0.4, 0.5) is 4.79 Å². The molecule has 3 N–H and O–H groups in total. The minimum Gasteiger partial charge on any atom is -0.508 e. The van der Waals surface area contributed by atoms with Gasteiger partial charge in [0.2, 0.25) is 0 Å². The number of nitrogens with two attached hydrogens (primary N) is 1. The minimum atomic E-state index is -0.836. The highest BCUT2D eigenvalue weighted by Gasteiger charge is 2.45. The number of amides is 1. The van der Waals surface area contributed by atoms with Gasteiger partial charge in [-0.1, -0.05) is 43.3 Å². The molecule has 5 heteroatoms. The molecule has 0 fully saturated rings. The molecule has 0 saturated heterocycles. The number of phenolic OH excluding ortho intramolecular Hbond substituents is 1. The lowest BCUT2D eigenvalue weighted by atomic mass is 9.73. The zero-order valence-electron chi connectivity index (χ0n) is 14.7. The van der Waals surface area contributed by atoms with Crippen molar-refractivity contribution in [1.29, 1.82) is 0 Å². The maximum atomic E-state index is 12.8. The number of fused-ring (bicyclic) bond motifs is 2. The highest BCUT2D eigenvalue weighted by molar-refractivity contribution is 6.10. The summed E-state index contributed by atoms with van der Waals surface area (Å²) in [5, 5.41) is 9.63. The van der Waals surface area contributed by atoms with Gasteiger partial charge in [-0.2, -0.15) is 0 Å².